The Morgan fingerprint density at radius 2 is 1.77 bits per heavy atom. The molecule has 0 aliphatic rings. The van der Waals surface area contributed by atoms with E-state index in [1.54, 1.807) is 12.3 Å². The summed E-state index contributed by atoms with van der Waals surface area (Å²) in [5.41, 5.74) is 3.77. The van der Waals surface area contributed by atoms with Crippen LogP contribution in [-0.2, 0) is 13.0 Å². The number of aromatic nitrogens is 4. The zero-order valence-corrected chi connectivity index (χ0v) is 16.7. The number of hydrogen-bond acceptors (Lipinski definition) is 4. The minimum absolute atomic E-state index is 0.194. The molecule has 0 spiro atoms. The molecule has 0 atom stereocenters. The van der Waals surface area contributed by atoms with Crippen LogP contribution >= 0.6 is 0 Å². The van der Waals surface area contributed by atoms with Crippen LogP contribution in [0.25, 0.3) is 22.5 Å². The second kappa shape index (κ2) is 8.69. The molecule has 0 bridgehead atoms. The largest absolute Gasteiger partial charge is 0.478 e. The van der Waals surface area contributed by atoms with Crippen LogP contribution in [0.1, 0.15) is 35.1 Å². The van der Waals surface area contributed by atoms with E-state index in [4.69, 9.17) is 10.1 Å². The third-order valence-electron chi connectivity index (χ3n) is 4.90. The van der Waals surface area contributed by atoms with E-state index in [0.717, 1.165) is 41.2 Å². The number of hydrogen-bond donors (Lipinski definition) is 1. The van der Waals surface area contributed by atoms with Crippen molar-refractivity contribution in [3.05, 3.63) is 90.0 Å². The predicted octanol–water partition coefficient (Wildman–Crippen LogP) is 4.71. The molecule has 2 aromatic heterocycles. The van der Waals surface area contributed by atoms with Gasteiger partial charge in [0.2, 0.25) is 0 Å². The molecule has 1 N–H and O–H groups in total. The Kier molecular flexibility index (Phi) is 5.66. The Labute approximate surface area is 174 Å². The third kappa shape index (κ3) is 4.12. The topological polar surface area (TPSA) is 80.9 Å². The fraction of sp³-hybridized carbons (Fsp3) is 0.167. The number of carboxylic acids is 1. The first kappa shape index (κ1) is 19.5. The Bertz CT molecular complexity index is 1150. The lowest BCUT2D eigenvalue weighted by molar-refractivity contribution is 0.0697. The Morgan fingerprint density at radius 3 is 2.47 bits per heavy atom. The Balaban J connectivity index is 1.61. The summed E-state index contributed by atoms with van der Waals surface area (Å²) in [4.78, 5) is 20.1. The maximum Gasteiger partial charge on any atom is 0.337 e. The van der Waals surface area contributed by atoms with Gasteiger partial charge in [-0.2, -0.15) is 5.10 Å². The zero-order valence-electron chi connectivity index (χ0n) is 16.7. The molecule has 0 saturated heterocycles. The first-order chi connectivity index (χ1) is 14.7. The highest BCUT2D eigenvalue weighted by molar-refractivity contribution is 5.95. The normalized spacial score (nSPS) is 10.8. The van der Waals surface area contributed by atoms with Gasteiger partial charge in [-0.25, -0.2) is 14.5 Å². The fourth-order valence-corrected chi connectivity index (χ4v) is 3.40. The van der Waals surface area contributed by atoms with E-state index in [0.29, 0.717) is 12.1 Å². The molecule has 6 heteroatoms. The second-order valence-electron chi connectivity index (χ2n) is 7.05. The van der Waals surface area contributed by atoms with Crippen molar-refractivity contribution in [2.75, 3.05) is 0 Å². The van der Waals surface area contributed by atoms with Crippen molar-refractivity contribution in [1.82, 2.24) is 19.7 Å². The summed E-state index contributed by atoms with van der Waals surface area (Å²) in [5, 5.41) is 14.1. The van der Waals surface area contributed by atoms with Gasteiger partial charge in [-0.3, -0.25) is 4.98 Å². The van der Waals surface area contributed by atoms with Crippen LogP contribution in [0.15, 0.2) is 73.1 Å². The SMILES string of the molecule is CCCc1nc(-c2ccccc2)nn1Cc1ccc(-c2ccncc2C(=O)O)cc1. The maximum absolute atomic E-state index is 11.5. The molecule has 0 saturated carbocycles. The van der Waals surface area contributed by atoms with Gasteiger partial charge in [0.05, 0.1) is 12.1 Å². The highest BCUT2D eigenvalue weighted by atomic mass is 16.4. The summed E-state index contributed by atoms with van der Waals surface area (Å²) in [6, 6.07) is 19.6. The summed E-state index contributed by atoms with van der Waals surface area (Å²) in [7, 11) is 0. The summed E-state index contributed by atoms with van der Waals surface area (Å²) < 4.78 is 1.95. The molecule has 4 aromatic rings. The predicted molar refractivity (Wildman–Crippen MR) is 115 cm³/mol. The molecule has 0 fully saturated rings. The van der Waals surface area contributed by atoms with E-state index < -0.39 is 5.97 Å². The number of aromatic carboxylic acids is 1. The molecular weight excluding hydrogens is 376 g/mol. The summed E-state index contributed by atoms with van der Waals surface area (Å²) in [6.45, 7) is 2.74. The van der Waals surface area contributed by atoms with Gasteiger partial charge in [-0.1, -0.05) is 61.5 Å². The average Bonchev–Trinajstić information content (AvgIpc) is 3.17. The molecule has 6 nitrogen and oxygen atoms in total. The number of carbonyl (C=O) groups is 1. The molecular formula is C24H22N4O2. The molecule has 0 radical (unpaired) electrons. The number of pyridine rings is 1. The highest BCUT2D eigenvalue weighted by Crippen LogP contribution is 2.24. The van der Waals surface area contributed by atoms with Crippen LogP contribution in [0, 0.1) is 0 Å². The lowest BCUT2D eigenvalue weighted by Gasteiger charge is -2.08. The van der Waals surface area contributed by atoms with Gasteiger partial charge in [-0.05, 0) is 29.2 Å². The summed E-state index contributed by atoms with van der Waals surface area (Å²) in [5.74, 6) is 0.712. The van der Waals surface area contributed by atoms with Crippen molar-refractivity contribution in [1.29, 1.82) is 0 Å². The van der Waals surface area contributed by atoms with Crippen molar-refractivity contribution in [3.63, 3.8) is 0 Å². The number of carboxylic acid groups (broad SMARTS) is 1. The molecule has 0 aliphatic carbocycles. The summed E-state index contributed by atoms with van der Waals surface area (Å²) >= 11 is 0. The minimum Gasteiger partial charge on any atom is -0.478 e. The molecule has 0 amide bonds. The van der Waals surface area contributed by atoms with Gasteiger partial charge >= 0.3 is 5.97 Å². The highest BCUT2D eigenvalue weighted by Gasteiger charge is 2.13. The number of aryl methyl sites for hydroxylation is 1. The van der Waals surface area contributed by atoms with Gasteiger partial charge in [-0.15, -0.1) is 0 Å². The number of nitrogens with zero attached hydrogens (tertiary/aromatic N) is 4. The molecule has 150 valence electrons. The van der Waals surface area contributed by atoms with E-state index in [1.807, 2.05) is 59.3 Å². The molecule has 30 heavy (non-hydrogen) atoms. The van der Waals surface area contributed by atoms with Gasteiger partial charge in [0.15, 0.2) is 5.82 Å². The molecule has 4 rings (SSSR count). The van der Waals surface area contributed by atoms with E-state index in [9.17, 15) is 9.90 Å². The maximum atomic E-state index is 11.5. The first-order valence-electron chi connectivity index (χ1n) is 9.91. The van der Waals surface area contributed by atoms with Crippen LogP contribution in [0.2, 0.25) is 0 Å². The van der Waals surface area contributed by atoms with E-state index >= 15 is 0 Å². The van der Waals surface area contributed by atoms with Crippen LogP contribution < -0.4 is 0 Å². The molecule has 0 unspecified atom stereocenters. The van der Waals surface area contributed by atoms with Crippen molar-refractivity contribution in [3.8, 4) is 22.5 Å². The van der Waals surface area contributed by atoms with E-state index in [2.05, 4.69) is 11.9 Å². The zero-order chi connectivity index (χ0) is 20.9. The molecule has 0 aliphatic heterocycles. The molecule has 2 heterocycles. The van der Waals surface area contributed by atoms with Crippen LogP contribution in [0.5, 0.6) is 0 Å². The molecule has 2 aromatic carbocycles. The van der Waals surface area contributed by atoms with Gasteiger partial charge < -0.3 is 5.11 Å². The van der Waals surface area contributed by atoms with E-state index in [1.165, 1.54) is 6.20 Å². The second-order valence-corrected chi connectivity index (χ2v) is 7.05. The first-order valence-corrected chi connectivity index (χ1v) is 9.91. The van der Waals surface area contributed by atoms with Gasteiger partial charge in [0.1, 0.15) is 5.82 Å². The van der Waals surface area contributed by atoms with Gasteiger partial charge in [0.25, 0.3) is 0 Å². The smallest absolute Gasteiger partial charge is 0.337 e. The monoisotopic (exact) mass is 398 g/mol. The van der Waals surface area contributed by atoms with Crippen LogP contribution in [-0.4, -0.2) is 30.8 Å². The lowest BCUT2D eigenvalue weighted by Crippen LogP contribution is -2.07. The lowest BCUT2D eigenvalue weighted by atomic mass is 10.0. The van der Waals surface area contributed by atoms with Crippen molar-refractivity contribution >= 4 is 5.97 Å². The Morgan fingerprint density at radius 1 is 1.00 bits per heavy atom. The Hall–Kier alpha value is -3.80. The van der Waals surface area contributed by atoms with Crippen molar-refractivity contribution < 1.29 is 9.90 Å². The standard InChI is InChI=1S/C24H22N4O2/c1-2-6-22-26-23(19-7-4-3-5-8-19)27-28(22)16-17-9-11-18(12-10-17)20-13-14-25-15-21(20)24(29)30/h3-5,7-15H,2,6,16H2,1H3,(H,29,30). The number of rotatable bonds is 7. The fourth-order valence-electron chi connectivity index (χ4n) is 3.40. The van der Waals surface area contributed by atoms with Crippen LogP contribution in [0.3, 0.4) is 0 Å². The van der Waals surface area contributed by atoms with Crippen molar-refractivity contribution in [2.24, 2.45) is 0 Å². The number of benzene rings is 2. The average molecular weight is 398 g/mol. The third-order valence-corrected chi connectivity index (χ3v) is 4.90. The van der Waals surface area contributed by atoms with E-state index in [-0.39, 0.29) is 5.56 Å². The van der Waals surface area contributed by atoms with Gasteiger partial charge in [0, 0.05) is 24.4 Å². The van der Waals surface area contributed by atoms with Crippen LogP contribution in [0.4, 0.5) is 0 Å². The quantitative estimate of drug-likeness (QED) is 0.488. The van der Waals surface area contributed by atoms with Crippen molar-refractivity contribution in [2.45, 2.75) is 26.3 Å². The summed E-state index contributed by atoms with van der Waals surface area (Å²) in [6.07, 6.45) is 4.83. The minimum atomic E-state index is -0.984.